The number of esters is 1. The van der Waals surface area contributed by atoms with E-state index in [1.54, 1.807) is 0 Å². The van der Waals surface area contributed by atoms with Gasteiger partial charge < -0.3 is 14.9 Å². The van der Waals surface area contributed by atoms with Gasteiger partial charge in [0.25, 0.3) is 0 Å². The van der Waals surface area contributed by atoms with E-state index in [4.69, 9.17) is 4.74 Å². The molecule has 0 spiro atoms. The molecule has 0 aliphatic heterocycles. The first kappa shape index (κ1) is 22.6. The Kier molecular flexibility index (Phi) is 6.07. The molecule has 172 valence electrons. The summed E-state index contributed by atoms with van der Waals surface area (Å²) < 4.78 is 4.97. The first-order valence-electron chi connectivity index (χ1n) is 12.6. The molecular weight excluding hydrogens is 376 g/mol. The molecule has 0 aromatic heterocycles. The molecule has 4 rings (SSSR count). The zero-order chi connectivity index (χ0) is 21.8. The lowest BCUT2D eigenvalue weighted by Gasteiger charge is -2.62. The lowest BCUT2D eigenvalue weighted by Crippen LogP contribution is -2.58. The number of hydrogen-bond acceptors (Lipinski definition) is 4. The van der Waals surface area contributed by atoms with Crippen LogP contribution in [0.25, 0.3) is 0 Å². The van der Waals surface area contributed by atoms with Crippen molar-refractivity contribution in [3.63, 3.8) is 0 Å². The molecule has 4 aliphatic carbocycles. The minimum atomic E-state index is -0.217. The van der Waals surface area contributed by atoms with Crippen molar-refractivity contribution in [1.29, 1.82) is 0 Å². The first-order chi connectivity index (χ1) is 14.1. The summed E-state index contributed by atoms with van der Waals surface area (Å²) in [4.78, 5) is 12.0. The highest BCUT2D eigenvalue weighted by Gasteiger charge is 2.62. The molecule has 5 unspecified atom stereocenters. The van der Waals surface area contributed by atoms with Gasteiger partial charge in [0.15, 0.2) is 0 Å². The van der Waals surface area contributed by atoms with E-state index in [0.717, 1.165) is 32.1 Å². The van der Waals surface area contributed by atoms with E-state index in [9.17, 15) is 15.0 Å². The maximum absolute atomic E-state index is 12.0. The number of carbonyl (C=O) groups is 1. The highest BCUT2D eigenvalue weighted by atomic mass is 16.5. The smallest absolute Gasteiger partial charge is 0.308 e. The molecule has 2 N–H and O–H groups in total. The van der Waals surface area contributed by atoms with Gasteiger partial charge in [-0.3, -0.25) is 4.79 Å². The second-order valence-electron chi connectivity index (χ2n) is 12.1. The van der Waals surface area contributed by atoms with Crippen LogP contribution < -0.4 is 0 Å². The van der Waals surface area contributed by atoms with Crippen molar-refractivity contribution in [2.24, 2.45) is 52.3 Å². The topological polar surface area (TPSA) is 66.8 Å². The Bertz CT molecular complexity index is 649. The van der Waals surface area contributed by atoms with Crippen LogP contribution in [0.1, 0.15) is 85.5 Å². The Morgan fingerprint density at radius 2 is 1.67 bits per heavy atom. The second-order valence-corrected chi connectivity index (χ2v) is 12.1. The van der Waals surface area contributed by atoms with Crippen LogP contribution in [-0.4, -0.2) is 35.5 Å². The van der Waals surface area contributed by atoms with Crippen molar-refractivity contribution in [2.75, 3.05) is 7.11 Å². The number of methoxy groups -OCH3 is 1. The van der Waals surface area contributed by atoms with E-state index >= 15 is 0 Å². The van der Waals surface area contributed by atoms with Crippen LogP contribution >= 0.6 is 0 Å². The Hall–Kier alpha value is -0.610. The fourth-order valence-corrected chi connectivity index (χ4v) is 9.19. The van der Waals surface area contributed by atoms with Crippen LogP contribution in [0.3, 0.4) is 0 Å². The summed E-state index contributed by atoms with van der Waals surface area (Å²) in [7, 11) is 1.49. The fraction of sp³-hybridized carbons (Fsp3) is 0.962. The van der Waals surface area contributed by atoms with E-state index in [0.29, 0.717) is 35.5 Å². The number of aliphatic hydroxyl groups is 2. The average Bonchev–Trinajstić information content (AvgIpc) is 3.05. The van der Waals surface area contributed by atoms with E-state index in [1.807, 2.05) is 6.92 Å². The zero-order valence-corrected chi connectivity index (χ0v) is 19.8. The van der Waals surface area contributed by atoms with Gasteiger partial charge in [-0.1, -0.05) is 27.7 Å². The maximum Gasteiger partial charge on any atom is 0.308 e. The zero-order valence-electron chi connectivity index (χ0n) is 19.8. The first-order valence-corrected chi connectivity index (χ1v) is 12.6. The second kappa shape index (κ2) is 8.06. The Labute approximate surface area is 183 Å². The molecule has 0 aromatic rings. The van der Waals surface area contributed by atoms with Gasteiger partial charge in [-0.25, -0.2) is 0 Å². The molecule has 0 heterocycles. The lowest BCUT2D eigenvalue weighted by molar-refractivity contribution is -0.174. The number of aliphatic hydroxyl groups excluding tert-OH is 2. The van der Waals surface area contributed by atoms with Crippen LogP contribution in [0.4, 0.5) is 0 Å². The quantitative estimate of drug-likeness (QED) is 0.640. The predicted molar refractivity (Wildman–Crippen MR) is 118 cm³/mol. The van der Waals surface area contributed by atoms with Gasteiger partial charge in [-0.15, -0.1) is 0 Å². The molecule has 30 heavy (non-hydrogen) atoms. The average molecular weight is 421 g/mol. The van der Waals surface area contributed by atoms with Gasteiger partial charge >= 0.3 is 5.97 Å². The van der Waals surface area contributed by atoms with Gasteiger partial charge in [-0.2, -0.15) is 0 Å². The van der Waals surface area contributed by atoms with Crippen LogP contribution in [0.5, 0.6) is 0 Å². The lowest BCUT2D eigenvalue weighted by atomic mass is 9.43. The molecular formula is C26H44O4. The van der Waals surface area contributed by atoms with Gasteiger partial charge in [0.1, 0.15) is 0 Å². The van der Waals surface area contributed by atoms with E-state index in [-0.39, 0.29) is 34.9 Å². The van der Waals surface area contributed by atoms with Gasteiger partial charge in [0, 0.05) is 0 Å². The third-order valence-electron chi connectivity index (χ3n) is 10.7. The number of carbonyl (C=O) groups excluding carboxylic acids is 1. The number of rotatable bonds is 4. The summed E-state index contributed by atoms with van der Waals surface area (Å²) in [6.07, 6.45) is 9.22. The molecule has 0 radical (unpaired) electrons. The van der Waals surface area contributed by atoms with Crippen molar-refractivity contribution in [3.8, 4) is 0 Å². The summed E-state index contributed by atoms with van der Waals surface area (Å²) in [5.74, 6) is 3.07. The highest BCUT2D eigenvalue weighted by Crippen LogP contribution is 2.68. The molecule has 4 heteroatoms. The van der Waals surface area contributed by atoms with Gasteiger partial charge in [0.05, 0.1) is 25.2 Å². The van der Waals surface area contributed by atoms with E-state index in [1.165, 1.54) is 32.8 Å². The molecule has 0 amide bonds. The third kappa shape index (κ3) is 3.45. The van der Waals surface area contributed by atoms with Crippen LogP contribution in [0.2, 0.25) is 0 Å². The van der Waals surface area contributed by atoms with Gasteiger partial charge in [-0.05, 0) is 104 Å². The van der Waals surface area contributed by atoms with Crippen molar-refractivity contribution in [1.82, 2.24) is 0 Å². The number of fused-ring (bicyclic) bond motifs is 5. The molecule has 0 bridgehead atoms. The summed E-state index contributed by atoms with van der Waals surface area (Å²) in [5, 5.41) is 21.6. The predicted octanol–water partition coefficient (Wildman–Crippen LogP) is 4.81. The molecule has 4 fully saturated rings. The molecule has 4 aliphatic rings. The molecule has 4 nitrogen and oxygen atoms in total. The van der Waals surface area contributed by atoms with Crippen molar-refractivity contribution >= 4 is 5.97 Å². The summed E-state index contributed by atoms with van der Waals surface area (Å²) in [6, 6.07) is 0. The normalized spacial score (nSPS) is 50.0. The number of ether oxygens (including phenoxy) is 1. The van der Waals surface area contributed by atoms with Gasteiger partial charge in [0.2, 0.25) is 0 Å². The molecule has 0 saturated heterocycles. The summed E-state index contributed by atoms with van der Waals surface area (Å²) in [5.41, 5.74) is 0.558. The molecule has 0 aromatic carbocycles. The van der Waals surface area contributed by atoms with Crippen molar-refractivity contribution in [2.45, 2.75) is 97.7 Å². The number of hydrogen-bond donors (Lipinski definition) is 2. The monoisotopic (exact) mass is 420 g/mol. The summed E-state index contributed by atoms with van der Waals surface area (Å²) in [6.45, 7) is 9.30. The minimum absolute atomic E-state index is 0.0439. The SMILES string of the molecule is COC(=O)C(C)C[C@@H](C)C1CCC2C3C(CC[C@@]21C)[C@@]1(C)CC[C@@H](O)C[C@H]1C[C@H]3O. The Morgan fingerprint density at radius 1 is 1.00 bits per heavy atom. The van der Waals surface area contributed by atoms with Crippen molar-refractivity contribution < 1.29 is 19.7 Å². The third-order valence-corrected chi connectivity index (χ3v) is 10.7. The standard InChI is InChI=1S/C26H44O4/c1-15(12-16(2)24(29)30-5)19-6-7-20-23-21(9-11-26(19,20)4)25(3)10-8-18(27)13-17(25)14-22(23)28/h15-23,27-28H,6-14H2,1-5H3/t15-,16?,17+,18-,19?,20?,21?,22-,23?,25+,26-/m1/s1. The van der Waals surface area contributed by atoms with Crippen LogP contribution in [-0.2, 0) is 9.53 Å². The maximum atomic E-state index is 12.0. The Morgan fingerprint density at radius 3 is 2.37 bits per heavy atom. The van der Waals surface area contributed by atoms with Crippen LogP contribution in [0.15, 0.2) is 0 Å². The highest BCUT2D eigenvalue weighted by molar-refractivity contribution is 5.71. The largest absolute Gasteiger partial charge is 0.469 e. The van der Waals surface area contributed by atoms with E-state index < -0.39 is 0 Å². The van der Waals surface area contributed by atoms with E-state index in [2.05, 4.69) is 20.8 Å². The molecule has 11 atom stereocenters. The Balaban J connectivity index is 1.53. The fourth-order valence-electron chi connectivity index (χ4n) is 9.19. The summed E-state index contributed by atoms with van der Waals surface area (Å²) >= 11 is 0. The minimum Gasteiger partial charge on any atom is -0.469 e. The molecule has 4 saturated carbocycles. The van der Waals surface area contributed by atoms with Crippen LogP contribution in [0, 0.1) is 52.3 Å². The van der Waals surface area contributed by atoms with Crippen molar-refractivity contribution in [3.05, 3.63) is 0 Å².